The molecular formula is C13H18N4O. The second-order valence-electron chi connectivity index (χ2n) is 3.99. The molecule has 1 aromatic heterocycles. The third kappa shape index (κ3) is 3.27. The predicted octanol–water partition coefficient (Wildman–Crippen LogP) is 1.72. The van der Waals surface area contributed by atoms with Crippen molar-refractivity contribution in [3.8, 4) is 6.07 Å². The number of rotatable bonds is 5. The molecule has 0 aliphatic rings. The van der Waals surface area contributed by atoms with Crippen LogP contribution in [0, 0.1) is 18.3 Å². The number of aromatic nitrogens is 2. The molecule has 1 aromatic rings. The number of hydrogen-bond donors (Lipinski definition) is 0. The molecule has 0 N–H and O–H groups in total. The van der Waals surface area contributed by atoms with Gasteiger partial charge in [-0.25, -0.2) is 0 Å². The maximum Gasteiger partial charge on any atom is 0.255 e. The monoisotopic (exact) mass is 246 g/mol. The molecule has 0 fully saturated rings. The van der Waals surface area contributed by atoms with Gasteiger partial charge in [0.1, 0.15) is 0 Å². The summed E-state index contributed by atoms with van der Waals surface area (Å²) < 4.78 is 0. The SMILES string of the molecule is CCc1nnc(C)cc1C(=O)N(CC)CCC#N. The van der Waals surface area contributed by atoms with Gasteiger partial charge in [0.15, 0.2) is 0 Å². The number of amides is 1. The van der Waals surface area contributed by atoms with E-state index in [1.165, 1.54) is 0 Å². The molecular weight excluding hydrogens is 228 g/mol. The first-order valence-corrected chi connectivity index (χ1v) is 6.13. The fraction of sp³-hybridized carbons (Fsp3) is 0.538. The van der Waals surface area contributed by atoms with Crippen molar-refractivity contribution in [2.45, 2.75) is 33.6 Å². The summed E-state index contributed by atoms with van der Waals surface area (Å²) in [5, 5.41) is 16.6. The molecule has 1 heterocycles. The summed E-state index contributed by atoms with van der Waals surface area (Å²) in [5.41, 5.74) is 2.04. The van der Waals surface area contributed by atoms with Crippen LogP contribution in [0.1, 0.15) is 42.0 Å². The summed E-state index contributed by atoms with van der Waals surface area (Å²) in [7, 11) is 0. The molecule has 18 heavy (non-hydrogen) atoms. The minimum absolute atomic E-state index is 0.0670. The van der Waals surface area contributed by atoms with Gasteiger partial charge < -0.3 is 4.90 Å². The van der Waals surface area contributed by atoms with Crippen molar-refractivity contribution in [3.63, 3.8) is 0 Å². The Bertz CT molecular complexity index is 465. The average Bonchev–Trinajstić information content (AvgIpc) is 2.39. The van der Waals surface area contributed by atoms with Gasteiger partial charge in [-0.05, 0) is 26.3 Å². The van der Waals surface area contributed by atoms with Crippen molar-refractivity contribution in [3.05, 3.63) is 23.0 Å². The lowest BCUT2D eigenvalue weighted by Gasteiger charge is -2.20. The maximum atomic E-state index is 12.4. The van der Waals surface area contributed by atoms with E-state index in [-0.39, 0.29) is 5.91 Å². The van der Waals surface area contributed by atoms with Crippen LogP contribution >= 0.6 is 0 Å². The van der Waals surface area contributed by atoms with Crippen LogP contribution in [0.4, 0.5) is 0 Å². The molecule has 1 amide bonds. The smallest absolute Gasteiger partial charge is 0.255 e. The second-order valence-corrected chi connectivity index (χ2v) is 3.99. The van der Waals surface area contributed by atoms with Crippen LogP contribution in [-0.2, 0) is 6.42 Å². The largest absolute Gasteiger partial charge is 0.338 e. The van der Waals surface area contributed by atoms with Crippen molar-refractivity contribution < 1.29 is 4.79 Å². The highest BCUT2D eigenvalue weighted by Crippen LogP contribution is 2.11. The van der Waals surface area contributed by atoms with Gasteiger partial charge in [0.2, 0.25) is 0 Å². The highest BCUT2D eigenvalue weighted by atomic mass is 16.2. The molecule has 5 heteroatoms. The van der Waals surface area contributed by atoms with Gasteiger partial charge in [0.25, 0.3) is 5.91 Å². The Morgan fingerprint density at radius 3 is 2.72 bits per heavy atom. The topological polar surface area (TPSA) is 69.9 Å². The number of nitriles is 1. The lowest BCUT2D eigenvalue weighted by atomic mass is 10.1. The van der Waals surface area contributed by atoms with Crippen molar-refractivity contribution in [1.29, 1.82) is 5.26 Å². The van der Waals surface area contributed by atoms with Crippen LogP contribution in [0.2, 0.25) is 0 Å². The summed E-state index contributed by atoms with van der Waals surface area (Å²) in [6.07, 6.45) is 1.02. The predicted molar refractivity (Wildman–Crippen MR) is 68.0 cm³/mol. The van der Waals surface area contributed by atoms with Gasteiger partial charge >= 0.3 is 0 Å². The molecule has 0 saturated carbocycles. The van der Waals surface area contributed by atoms with Gasteiger partial charge in [0.05, 0.1) is 29.4 Å². The first kappa shape index (κ1) is 14.1. The molecule has 0 aliphatic heterocycles. The Balaban J connectivity index is 3.00. The molecule has 0 bridgehead atoms. The van der Waals surface area contributed by atoms with E-state index in [9.17, 15) is 4.79 Å². The van der Waals surface area contributed by atoms with Gasteiger partial charge in [-0.15, -0.1) is 0 Å². The Morgan fingerprint density at radius 2 is 2.17 bits per heavy atom. The minimum atomic E-state index is -0.0670. The average molecular weight is 246 g/mol. The number of carbonyl (C=O) groups excluding carboxylic acids is 1. The standard InChI is InChI=1S/C13H18N4O/c1-4-12-11(9-10(3)15-16-12)13(18)17(5-2)8-6-7-14/h9H,4-6,8H2,1-3H3. The first-order valence-electron chi connectivity index (χ1n) is 6.13. The summed E-state index contributed by atoms with van der Waals surface area (Å²) in [4.78, 5) is 14.0. The highest BCUT2D eigenvalue weighted by Gasteiger charge is 2.18. The van der Waals surface area contributed by atoms with Crippen LogP contribution in [0.25, 0.3) is 0 Å². The molecule has 0 aliphatic carbocycles. The Hall–Kier alpha value is -1.96. The maximum absolute atomic E-state index is 12.4. The van der Waals surface area contributed by atoms with Crippen molar-refractivity contribution >= 4 is 5.91 Å². The molecule has 0 atom stereocenters. The van der Waals surface area contributed by atoms with Crippen LogP contribution in [0.5, 0.6) is 0 Å². The molecule has 0 saturated heterocycles. The molecule has 1 rings (SSSR count). The Kier molecular flexibility index (Phi) is 5.25. The zero-order valence-electron chi connectivity index (χ0n) is 11.1. The number of carbonyl (C=O) groups is 1. The van der Waals surface area contributed by atoms with E-state index in [1.807, 2.05) is 20.8 Å². The third-order valence-electron chi connectivity index (χ3n) is 2.72. The van der Waals surface area contributed by atoms with E-state index in [0.29, 0.717) is 37.2 Å². The van der Waals surface area contributed by atoms with Crippen molar-refractivity contribution in [2.75, 3.05) is 13.1 Å². The van der Waals surface area contributed by atoms with Crippen LogP contribution in [-0.4, -0.2) is 34.1 Å². The zero-order valence-corrected chi connectivity index (χ0v) is 11.1. The zero-order chi connectivity index (χ0) is 13.5. The summed E-state index contributed by atoms with van der Waals surface area (Å²) in [6.45, 7) is 6.71. The molecule has 5 nitrogen and oxygen atoms in total. The Morgan fingerprint density at radius 1 is 1.44 bits per heavy atom. The third-order valence-corrected chi connectivity index (χ3v) is 2.72. The van der Waals surface area contributed by atoms with Crippen molar-refractivity contribution in [2.24, 2.45) is 0 Å². The molecule has 0 unspecified atom stereocenters. The van der Waals surface area contributed by atoms with Crippen LogP contribution in [0.3, 0.4) is 0 Å². The normalized spacial score (nSPS) is 9.89. The summed E-state index contributed by atoms with van der Waals surface area (Å²) >= 11 is 0. The number of nitrogens with zero attached hydrogens (tertiary/aromatic N) is 4. The number of hydrogen-bond acceptors (Lipinski definition) is 4. The van der Waals surface area contributed by atoms with E-state index in [4.69, 9.17) is 5.26 Å². The first-order chi connectivity index (χ1) is 8.63. The van der Waals surface area contributed by atoms with Gasteiger partial charge in [-0.2, -0.15) is 15.5 Å². The number of aryl methyl sites for hydroxylation is 2. The lowest BCUT2D eigenvalue weighted by Crippen LogP contribution is -2.32. The molecule has 0 aromatic carbocycles. The van der Waals surface area contributed by atoms with Crippen LogP contribution in [0.15, 0.2) is 6.07 Å². The lowest BCUT2D eigenvalue weighted by molar-refractivity contribution is 0.0766. The fourth-order valence-electron chi connectivity index (χ4n) is 1.72. The van der Waals surface area contributed by atoms with Gasteiger partial charge in [-0.3, -0.25) is 4.79 Å². The van der Waals surface area contributed by atoms with E-state index >= 15 is 0 Å². The van der Waals surface area contributed by atoms with E-state index in [0.717, 1.165) is 5.69 Å². The highest BCUT2D eigenvalue weighted by molar-refractivity contribution is 5.95. The van der Waals surface area contributed by atoms with E-state index in [2.05, 4.69) is 16.3 Å². The summed E-state index contributed by atoms with van der Waals surface area (Å²) in [6, 6.07) is 3.82. The van der Waals surface area contributed by atoms with Gasteiger partial charge in [0, 0.05) is 13.1 Å². The summed E-state index contributed by atoms with van der Waals surface area (Å²) in [5.74, 6) is -0.0670. The van der Waals surface area contributed by atoms with E-state index < -0.39 is 0 Å². The molecule has 0 spiro atoms. The molecule has 0 radical (unpaired) electrons. The Labute approximate surface area is 107 Å². The van der Waals surface area contributed by atoms with E-state index in [1.54, 1.807) is 11.0 Å². The second kappa shape index (κ2) is 6.70. The fourth-order valence-corrected chi connectivity index (χ4v) is 1.72. The van der Waals surface area contributed by atoms with Crippen LogP contribution < -0.4 is 0 Å². The van der Waals surface area contributed by atoms with Gasteiger partial charge in [-0.1, -0.05) is 6.92 Å². The van der Waals surface area contributed by atoms with Crippen molar-refractivity contribution in [1.82, 2.24) is 15.1 Å². The molecule has 96 valence electrons. The quantitative estimate of drug-likeness (QED) is 0.793. The minimum Gasteiger partial charge on any atom is -0.338 e.